The molecule has 3 heteroatoms. The van der Waals surface area contributed by atoms with E-state index in [4.69, 9.17) is 5.26 Å². The van der Waals surface area contributed by atoms with Gasteiger partial charge in [0.15, 0.2) is 0 Å². The summed E-state index contributed by atoms with van der Waals surface area (Å²) in [5.74, 6) is 0. The maximum absolute atomic E-state index is 8.49. The van der Waals surface area contributed by atoms with Gasteiger partial charge in [-0.1, -0.05) is 6.58 Å². The van der Waals surface area contributed by atoms with Crippen molar-refractivity contribution in [3.8, 4) is 6.07 Å². The van der Waals surface area contributed by atoms with Crippen LogP contribution in [-0.4, -0.2) is 9.78 Å². The maximum Gasteiger partial charge on any atom is 0.103 e. The number of aromatic nitrogens is 2. The van der Waals surface area contributed by atoms with Gasteiger partial charge in [-0.3, -0.25) is 0 Å². The number of hydrogen-bond acceptors (Lipinski definition) is 2. The van der Waals surface area contributed by atoms with Crippen molar-refractivity contribution >= 4 is 6.20 Å². The first-order chi connectivity index (χ1) is 4.79. The van der Waals surface area contributed by atoms with Crippen LogP contribution in [0.2, 0.25) is 0 Å². The van der Waals surface area contributed by atoms with Crippen molar-refractivity contribution in [2.45, 2.75) is 6.92 Å². The minimum Gasteiger partial charge on any atom is -0.245 e. The summed E-state index contributed by atoms with van der Waals surface area (Å²) in [6.07, 6.45) is 3.09. The lowest BCUT2D eigenvalue weighted by molar-refractivity contribution is 0.899. The molecule has 0 bridgehead atoms. The van der Waals surface area contributed by atoms with Gasteiger partial charge in [-0.15, -0.1) is 0 Å². The molecule has 3 nitrogen and oxygen atoms in total. The third kappa shape index (κ3) is 0.799. The quantitative estimate of drug-likeness (QED) is 0.577. The summed E-state index contributed by atoms with van der Waals surface area (Å²) >= 11 is 0. The van der Waals surface area contributed by atoms with E-state index < -0.39 is 0 Å². The zero-order valence-electron chi connectivity index (χ0n) is 5.70. The molecule has 0 aliphatic heterocycles. The molecule has 50 valence electrons. The van der Waals surface area contributed by atoms with Gasteiger partial charge in [-0.2, -0.15) is 10.4 Å². The van der Waals surface area contributed by atoms with Crippen LogP contribution in [0.4, 0.5) is 0 Å². The van der Waals surface area contributed by atoms with E-state index in [1.807, 2.05) is 13.0 Å². The molecular weight excluding hydrogens is 126 g/mol. The van der Waals surface area contributed by atoms with Crippen LogP contribution < -0.4 is 0 Å². The van der Waals surface area contributed by atoms with Crippen molar-refractivity contribution in [2.75, 3.05) is 0 Å². The van der Waals surface area contributed by atoms with Crippen molar-refractivity contribution in [3.05, 3.63) is 24.0 Å². The van der Waals surface area contributed by atoms with Crippen molar-refractivity contribution in [2.24, 2.45) is 0 Å². The van der Waals surface area contributed by atoms with Gasteiger partial charge in [0, 0.05) is 6.20 Å². The Kier molecular flexibility index (Phi) is 1.55. The number of nitriles is 1. The Hall–Kier alpha value is -1.56. The van der Waals surface area contributed by atoms with Gasteiger partial charge >= 0.3 is 0 Å². The van der Waals surface area contributed by atoms with Crippen LogP contribution in [0.3, 0.4) is 0 Å². The standard InChI is InChI=1S/C7H7N3/c1-3-10-6(2)7(4-8)5-9-10/h3,5H,1H2,2H3. The first-order valence-electron chi connectivity index (χ1n) is 2.86. The molecule has 0 saturated carbocycles. The predicted octanol–water partition coefficient (Wildman–Crippen LogP) is 1.16. The fourth-order valence-electron chi connectivity index (χ4n) is 0.717. The molecule has 1 heterocycles. The zero-order valence-corrected chi connectivity index (χ0v) is 5.70. The SMILES string of the molecule is C=Cn1ncc(C#N)c1C. The van der Waals surface area contributed by atoms with E-state index in [0.29, 0.717) is 5.56 Å². The molecule has 0 aliphatic carbocycles. The molecule has 0 spiro atoms. The molecule has 1 aromatic rings. The lowest BCUT2D eigenvalue weighted by Crippen LogP contribution is -1.90. The highest BCUT2D eigenvalue weighted by molar-refractivity contribution is 5.34. The maximum atomic E-state index is 8.49. The second-order valence-corrected chi connectivity index (χ2v) is 1.88. The summed E-state index contributed by atoms with van der Waals surface area (Å²) in [5, 5.41) is 12.4. The summed E-state index contributed by atoms with van der Waals surface area (Å²) in [6.45, 7) is 5.36. The molecule has 0 atom stereocenters. The van der Waals surface area contributed by atoms with Gasteiger partial charge in [0.05, 0.1) is 17.5 Å². The Balaban J connectivity index is 3.24. The molecule has 0 N–H and O–H groups in total. The molecule has 0 amide bonds. The van der Waals surface area contributed by atoms with Crippen LogP contribution in [0.15, 0.2) is 12.8 Å². The summed E-state index contributed by atoms with van der Waals surface area (Å²) in [4.78, 5) is 0. The fourth-order valence-corrected chi connectivity index (χ4v) is 0.717. The van der Waals surface area contributed by atoms with Crippen LogP contribution >= 0.6 is 0 Å². The fraction of sp³-hybridized carbons (Fsp3) is 0.143. The molecule has 0 aliphatic rings. The average molecular weight is 133 g/mol. The average Bonchev–Trinajstić information content (AvgIpc) is 2.30. The summed E-state index contributed by atoms with van der Waals surface area (Å²) < 4.78 is 1.57. The Morgan fingerprint density at radius 3 is 2.90 bits per heavy atom. The molecule has 0 aromatic carbocycles. The minimum absolute atomic E-state index is 0.597. The Labute approximate surface area is 59.2 Å². The molecule has 0 unspecified atom stereocenters. The van der Waals surface area contributed by atoms with E-state index in [9.17, 15) is 0 Å². The van der Waals surface area contributed by atoms with Gasteiger partial charge < -0.3 is 0 Å². The van der Waals surface area contributed by atoms with Crippen LogP contribution in [0, 0.1) is 18.3 Å². The van der Waals surface area contributed by atoms with Gasteiger partial charge in [0.25, 0.3) is 0 Å². The van der Waals surface area contributed by atoms with E-state index in [1.165, 1.54) is 6.20 Å². The minimum atomic E-state index is 0.597. The van der Waals surface area contributed by atoms with E-state index in [-0.39, 0.29) is 0 Å². The summed E-state index contributed by atoms with van der Waals surface area (Å²) in [5.41, 5.74) is 1.43. The Morgan fingerprint density at radius 1 is 1.90 bits per heavy atom. The third-order valence-electron chi connectivity index (χ3n) is 1.34. The van der Waals surface area contributed by atoms with Crippen LogP contribution in [0.25, 0.3) is 6.20 Å². The predicted molar refractivity (Wildman–Crippen MR) is 38.1 cm³/mol. The molecular formula is C7H7N3. The molecule has 1 rings (SSSR count). The number of rotatable bonds is 1. The first kappa shape index (κ1) is 6.56. The highest BCUT2D eigenvalue weighted by Gasteiger charge is 2.00. The normalized spacial score (nSPS) is 8.80. The number of hydrogen-bond donors (Lipinski definition) is 0. The van der Waals surface area contributed by atoms with E-state index in [0.717, 1.165) is 5.69 Å². The molecule has 10 heavy (non-hydrogen) atoms. The van der Waals surface area contributed by atoms with Crippen molar-refractivity contribution in [3.63, 3.8) is 0 Å². The summed E-state index contributed by atoms with van der Waals surface area (Å²) in [7, 11) is 0. The van der Waals surface area contributed by atoms with Gasteiger partial charge in [-0.25, -0.2) is 4.68 Å². The smallest absolute Gasteiger partial charge is 0.103 e. The van der Waals surface area contributed by atoms with Gasteiger partial charge in [0.1, 0.15) is 6.07 Å². The van der Waals surface area contributed by atoms with Crippen LogP contribution in [0.5, 0.6) is 0 Å². The van der Waals surface area contributed by atoms with Crippen molar-refractivity contribution in [1.29, 1.82) is 5.26 Å². The van der Waals surface area contributed by atoms with Crippen LogP contribution in [-0.2, 0) is 0 Å². The van der Waals surface area contributed by atoms with Crippen LogP contribution in [0.1, 0.15) is 11.3 Å². The monoisotopic (exact) mass is 133 g/mol. The lowest BCUT2D eigenvalue weighted by Gasteiger charge is -1.91. The molecule has 1 aromatic heterocycles. The van der Waals surface area contributed by atoms with Gasteiger partial charge in [-0.05, 0) is 6.92 Å². The van der Waals surface area contributed by atoms with Crippen molar-refractivity contribution in [1.82, 2.24) is 9.78 Å². The highest BCUT2D eigenvalue weighted by atomic mass is 15.3. The summed E-state index contributed by atoms with van der Waals surface area (Å²) in [6, 6.07) is 2.02. The van der Waals surface area contributed by atoms with Crippen molar-refractivity contribution < 1.29 is 0 Å². The van der Waals surface area contributed by atoms with E-state index in [2.05, 4.69) is 11.7 Å². The van der Waals surface area contributed by atoms with E-state index in [1.54, 1.807) is 10.9 Å². The second kappa shape index (κ2) is 2.36. The highest BCUT2D eigenvalue weighted by Crippen LogP contribution is 2.03. The van der Waals surface area contributed by atoms with E-state index >= 15 is 0 Å². The first-order valence-corrected chi connectivity index (χ1v) is 2.86. The topological polar surface area (TPSA) is 41.6 Å². The molecule has 0 fully saturated rings. The molecule has 0 saturated heterocycles. The Bertz CT molecular complexity index is 290. The Morgan fingerprint density at radius 2 is 2.60 bits per heavy atom. The molecule has 0 radical (unpaired) electrons. The zero-order chi connectivity index (χ0) is 7.56. The second-order valence-electron chi connectivity index (χ2n) is 1.88. The van der Waals surface area contributed by atoms with Gasteiger partial charge in [0.2, 0.25) is 0 Å². The lowest BCUT2D eigenvalue weighted by atomic mass is 10.3. The number of nitrogens with zero attached hydrogens (tertiary/aromatic N) is 3. The largest absolute Gasteiger partial charge is 0.245 e. The third-order valence-corrected chi connectivity index (χ3v) is 1.34.